The van der Waals surface area contributed by atoms with Gasteiger partial charge in [0, 0.05) is 37.1 Å². The van der Waals surface area contributed by atoms with Crippen LogP contribution in [-0.2, 0) is 0 Å². The number of nitrogens with one attached hydrogen (secondary N) is 1. The molecule has 0 aliphatic carbocycles. The lowest BCUT2D eigenvalue weighted by molar-refractivity contribution is 0.111. The second kappa shape index (κ2) is 6.45. The molecule has 0 fully saturated rings. The van der Waals surface area contributed by atoms with Crippen LogP contribution in [0.25, 0.3) is 0 Å². The minimum atomic E-state index is -0.893. The van der Waals surface area contributed by atoms with Crippen molar-refractivity contribution in [1.82, 2.24) is 4.90 Å². The van der Waals surface area contributed by atoms with E-state index in [4.69, 9.17) is 0 Å². The minimum absolute atomic E-state index is 0.155. The fraction of sp³-hybridized carbons (Fsp3) is 0.357. The van der Waals surface area contributed by atoms with Crippen molar-refractivity contribution < 1.29 is 18.0 Å². The molecule has 1 heterocycles. The van der Waals surface area contributed by atoms with Gasteiger partial charge in [0.05, 0.1) is 12.2 Å². The van der Waals surface area contributed by atoms with Gasteiger partial charge < -0.3 is 10.2 Å². The Hall–Kier alpha value is -1.98. The normalized spacial score (nSPS) is 14.3. The number of rotatable bonds is 6. The first-order valence-corrected chi connectivity index (χ1v) is 6.36. The van der Waals surface area contributed by atoms with Gasteiger partial charge >= 0.3 is 0 Å². The first-order chi connectivity index (χ1) is 9.63. The number of nitrogens with zero attached hydrogens (tertiary/aromatic N) is 1. The van der Waals surface area contributed by atoms with Gasteiger partial charge in [-0.1, -0.05) is 0 Å². The maximum atomic E-state index is 13.4. The first-order valence-electron chi connectivity index (χ1n) is 6.36. The standard InChI is InChI=1S/C14H15F3N2O/c15-3-1-4-19-5-2-10(8-19)18-11-6-13(16)12(9-20)14(17)7-11/h6-9,18H,1-5H2. The Balaban J connectivity index is 2.06. The third-order valence-corrected chi connectivity index (χ3v) is 3.09. The second-order valence-electron chi connectivity index (χ2n) is 4.58. The van der Waals surface area contributed by atoms with E-state index >= 15 is 0 Å². The highest BCUT2D eigenvalue weighted by molar-refractivity contribution is 5.77. The molecule has 3 nitrogen and oxygen atoms in total. The SMILES string of the molecule is O=Cc1c(F)cc(NC2=CN(CCCF)CC2)cc1F. The van der Waals surface area contributed by atoms with Crippen molar-refractivity contribution in [1.29, 1.82) is 0 Å². The Bertz CT molecular complexity index is 508. The maximum absolute atomic E-state index is 13.4. The van der Waals surface area contributed by atoms with Gasteiger partial charge in [0.1, 0.15) is 11.6 Å². The van der Waals surface area contributed by atoms with Crippen LogP contribution in [-0.4, -0.2) is 31.0 Å². The number of hydrogen-bond acceptors (Lipinski definition) is 3. The summed E-state index contributed by atoms with van der Waals surface area (Å²) in [5.41, 5.74) is 0.492. The smallest absolute Gasteiger partial charge is 0.155 e. The van der Waals surface area contributed by atoms with Gasteiger partial charge in [-0.05, 0) is 18.6 Å². The molecule has 108 valence electrons. The number of benzene rings is 1. The molecule has 0 saturated carbocycles. The number of aldehydes is 1. The van der Waals surface area contributed by atoms with Crippen molar-refractivity contribution in [2.24, 2.45) is 0 Å². The zero-order valence-electron chi connectivity index (χ0n) is 10.8. The molecule has 0 aromatic heterocycles. The van der Waals surface area contributed by atoms with Crippen LogP contribution in [0.15, 0.2) is 24.0 Å². The number of carbonyl (C=O) groups is 1. The highest BCUT2D eigenvalue weighted by atomic mass is 19.1. The summed E-state index contributed by atoms with van der Waals surface area (Å²) in [6, 6.07) is 2.16. The predicted octanol–water partition coefficient (Wildman–Crippen LogP) is 3.10. The van der Waals surface area contributed by atoms with Crippen LogP contribution in [0, 0.1) is 11.6 Å². The van der Waals surface area contributed by atoms with Crippen LogP contribution in [0.1, 0.15) is 23.2 Å². The highest BCUT2D eigenvalue weighted by Crippen LogP contribution is 2.22. The Morgan fingerprint density at radius 1 is 1.30 bits per heavy atom. The van der Waals surface area contributed by atoms with Crippen molar-refractivity contribution in [2.75, 3.05) is 25.1 Å². The lowest BCUT2D eigenvalue weighted by Gasteiger charge is -2.12. The zero-order valence-corrected chi connectivity index (χ0v) is 10.8. The average Bonchev–Trinajstić information content (AvgIpc) is 2.83. The van der Waals surface area contributed by atoms with Crippen LogP contribution in [0.2, 0.25) is 0 Å². The molecule has 0 saturated heterocycles. The topological polar surface area (TPSA) is 32.3 Å². The molecular formula is C14H15F3N2O. The number of carbonyl (C=O) groups excluding carboxylic acids is 1. The van der Waals surface area contributed by atoms with E-state index in [1.54, 1.807) is 0 Å². The van der Waals surface area contributed by atoms with Crippen LogP contribution in [0.5, 0.6) is 0 Å². The molecule has 0 radical (unpaired) electrons. The van der Waals surface area contributed by atoms with Crippen LogP contribution < -0.4 is 5.32 Å². The molecule has 1 N–H and O–H groups in total. The predicted molar refractivity (Wildman–Crippen MR) is 70.2 cm³/mol. The summed E-state index contributed by atoms with van der Waals surface area (Å²) in [6.07, 6.45) is 3.13. The fourth-order valence-electron chi connectivity index (χ4n) is 2.10. The number of alkyl halides is 1. The van der Waals surface area contributed by atoms with Gasteiger partial charge in [-0.2, -0.15) is 0 Å². The van der Waals surface area contributed by atoms with Crippen molar-refractivity contribution >= 4 is 12.0 Å². The van der Waals surface area contributed by atoms with E-state index in [1.165, 1.54) is 0 Å². The molecule has 1 aliphatic rings. The van der Waals surface area contributed by atoms with Crippen molar-refractivity contribution in [2.45, 2.75) is 12.8 Å². The molecule has 0 spiro atoms. The van der Waals surface area contributed by atoms with Gasteiger partial charge in [-0.25, -0.2) is 8.78 Å². The van der Waals surface area contributed by atoms with E-state index in [1.807, 2.05) is 11.1 Å². The van der Waals surface area contributed by atoms with E-state index in [2.05, 4.69) is 5.32 Å². The van der Waals surface area contributed by atoms with Gasteiger partial charge in [-0.15, -0.1) is 0 Å². The molecule has 2 rings (SSSR count). The largest absolute Gasteiger partial charge is 0.375 e. The molecule has 1 aliphatic heterocycles. The van der Waals surface area contributed by atoms with Gasteiger partial charge in [0.15, 0.2) is 6.29 Å². The van der Waals surface area contributed by atoms with Crippen molar-refractivity contribution in [3.05, 3.63) is 41.2 Å². The summed E-state index contributed by atoms with van der Waals surface area (Å²) in [4.78, 5) is 12.5. The fourth-order valence-corrected chi connectivity index (χ4v) is 2.10. The lowest BCUT2D eigenvalue weighted by Crippen LogP contribution is -2.15. The molecule has 0 bridgehead atoms. The minimum Gasteiger partial charge on any atom is -0.375 e. The zero-order chi connectivity index (χ0) is 14.5. The van der Waals surface area contributed by atoms with Crippen molar-refractivity contribution in [3.63, 3.8) is 0 Å². The molecule has 20 heavy (non-hydrogen) atoms. The Kier molecular flexibility index (Phi) is 4.65. The Labute approximate surface area is 115 Å². The highest BCUT2D eigenvalue weighted by Gasteiger charge is 2.14. The van der Waals surface area contributed by atoms with Crippen LogP contribution in [0.3, 0.4) is 0 Å². The molecule has 1 aromatic rings. The van der Waals surface area contributed by atoms with E-state index in [-0.39, 0.29) is 18.6 Å². The molecule has 1 aromatic carbocycles. The molecule has 0 atom stereocenters. The monoisotopic (exact) mass is 284 g/mol. The van der Waals surface area contributed by atoms with Gasteiger partial charge in [0.2, 0.25) is 0 Å². The molecule has 0 unspecified atom stereocenters. The van der Waals surface area contributed by atoms with Gasteiger partial charge in [0.25, 0.3) is 0 Å². The quantitative estimate of drug-likeness (QED) is 0.815. The lowest BCUT2D eigenvalue weighted by atomic mass is 10.2. The first kappa shape index (κ1) is 14.4. The number of hydrogen-bond donors (Lipinski definition) is 1. The van der Waals surface area contributed by atoms with Crippen molar-refractivity contribution in [3.8, 4) is 0 Å². The summed E-state index contributed by atoms with van der Waals surface area (Å²) in [5.74, 6) is -1.79. The third kappa shape index (κ3) is 3.31. The van der Waals surface area contributed by atoms with Crippen LogP contribution >= 0.6 is 0 Å². The average molecular weight is 284 g/mol. The van der Waals surface area contributed by atoms with Gasteiger partial charge in [-0.3, -0.25) is 9.18 Å². The maximum Gasteiger partial charge on any atom is 0.155 e. The summed E-state index contributed by atoms with van der Waals surface area (Å²) in [5, 5.41) is 2.91. The summed E-state index contributed by atoms with van der Waals surface area (Å²) in [7, 11) is 0. The summed E-state index contributed by atoms with van der Waals surface area (Å²) in [6.45, 7) is 1.00. The van der Waals surface area contributed by atoms with E-state index < -0.39 is 17.2 Å². The molecule has 0 amide bonds. The van der Waals surface area contributed by atoms with E-state index in [9.17, 15) is 18.0 Å². The molecule has 6 heteroatoms. The Morgan fingerprint density at radius 2 is 2.00 bits per heavy atom. The Morgan fingerprint density at radius 3 is 2.60 bits per heavy atom. The molecular weight excluding hydrogens is 269 g/mol. The van der Waals surface area contributed by atoms with Crippen LogP contribution in [0.4, 0.5) is 18.9 Å². The third-order valence-electron chi connectivity index (χ3n) is 3.09. The summed E-state index contributed by atoms with van der Waals surface area (Å²) < 4.78 is 39.0. The van der Waals surface area contributed by atoms with E-state index in [0.717, 1.165) is 24.4 Å². The number of anilines is 1. The second-order valence-corrected chi connectivity index (χ2v) is 4.58. The number of halogens is 3. The summed E-state index contributed by atoms with van der Waals surface area (Å²) >= 11 is 0. The van der Waals surface area contributed by atoms with E-state index in [0.29, 0.717) is 19.4 Å².